The summed E-state index contributed by atoms with van der Waals surface area (Å²) in [6.45, 7) is 2.10. The van der Waals surface area contributed by atoms with Gasteiger partial charge in [0.05, 0.1) is 5.69 Å². The monoisotopic (exact) mass is 219 g/mol. The zero-order valence-corrected chi connectivity index (χ0v) is 8.99. The molecule has 1 aliphatic heterocycles. The van der Waals surface area contributed by atoms with Gasteiger partial charge in [0.15, 0.2) is 0 Å². The molecule has 0 radical (unpaired) electrons. The Morgan fingerprint density at radius 1 is 1.38 bits per heavy atom. The van der Waals surface area contributed by atoms with Crippen LogP contribution in [0, 0.1) is 5.82 Å². The summed E-state index contributed by atoms with van der Waals surface area (Å²) in [7, 11) is 0. The fraction of sp³-hybridized carbons (Fsp3) is 0.417. The van der Waals surface area contributed by atoms with Crippen molar-refractivity contribution in [3.8, 4) is 0 Å². The first-order valence-electron chi connectivity index (χ1n) is 5.68. The number of aromatic nitrogens is 2. The fourth-order valence-electron chi connectivity index (χ4n) is 2.29. The van der Waals surface area contributed by atoms with Crippen LogP contribution < -0.4 is 5.32 Å². The number of halogens is 1. The average Bonchev–Trinajstić information content (AvgIpc) is 2.73. The number of rotatable bonds is 1. The highest BCUT2D eigenvalue weighted by molar-refractivity contribution is 5.40. The van der Waals surface area contributed by atoms with E-state index in [1.54, 1.807) is 6.20 Å². The van der Waals surface area contributed by atoms with Gasteiger partial charge >= 0.3 is 0 Å². The van der Waals surface area contributed by atoms with Crippen molar-refractivity contribution in [2.75, 3.05) is 13.1 Å². The predicted octanol–water partition coefficient (Wildman–Crippen LogP) is 1.94. The molecule has 4 heteroatoms. The molecule has 2 aromatic heterocycles. The van der Waals surface area contributed by atoms with Crippen molar-refractivity contribution in [2.24, 2.45) is 0 Å². The molecule has 0 unspecified atom stereocenters. The zero-order chi connectivity index (χ0) is 11.0. The molecular weight excluding hydrogens is 205 g/mol. The van der Waals surface area contributed by atoms with Crippen LogP contribution >= 0.6 is 0 Å². The summed E-state index contributed by atoms with van der Waals surface area (Å²) in [5.74, 6) is 0.291. The Morgan fingerprint density at radius 3 is 3.00 bits per heavy atom. The van der Waals surface area contributed by atoms with Gasteiger partial charge in [0.2, 0.25) is 0 Å². The van der Waals surface area contributed by atoms with Crippen LogP contribution in [0.15, 0.2) is 24.5 Å². The molecule has 2 aromatic rings. The van der Waals surface area contributed by atoms with Crippen molar-refractivity contribution in [3.63, 3.8) is 0 Å². The Labute approximate surface area is 93.3 Å². The molecule has 0 saturated carbocycles. The van der Waals surface area contributed by atoms with Crippen LogP contribution in [-0.2, 0) is 0 Å². The van der Waals surface area contributed by atoms with Gasteiger partial charge in [0, 0.05) is 24.4 Å². The van der Waals surface area contributed by atoms with E-state index in [9.17, 15) is 4.39 Å². The van der Waals surface area contributed by atoms with Crippen LogP contribution in [0.2, 0.25) is 0 Å². The predicted molar refractivity (Wildman–Crippen MR) is 60.0 cm³/mol. The lowest BCUT2D eigenvalue weighted by Crippen LogP contribution is -2.26. The van der Waals surface area contributed by atoms with Gasteiger partial charge in [-0.3, -0.25) is 0 Å². The lowest BCUT2D eigenvalue weighted by Gasteiger charge is -2.20. The molecule has 3 heterocycles. The summed E-state index contributed by atoms with van der Waals surface area (Å²) in [6.07, 6.45) is 5.98. The summed E-state index contributed by atoms with van der Waals surface area (Å²) in [4.78, 5) is 4.49. The minimum absolute atomic E-state index is 0.227. The van der Waals surface area contributed by atoms with Gasteiger partial charge in [-0.25, -0.2) is 9.37 Å². The van der Waals surface area contributed by atoms with Crippen molar-refractivity contribution in [1.29, 1.82) is 0 Å². The van der Waals surface area contributed by atoms with Crippen LogP contribution in [0.3, 0.4) is 0 Å². The smallest absolute Gasteiger partial charge is 0.139 e. The molecule has 1 aliphatic rings. The maximum absolute atomic E-state index is 13.0. The van der Waals surface area contributed by atoms with E-state index in [0.29, 0.717) is 11.6 Å². The second kappa shape index (κ2) is 3.87. The van der Waals surface area contributed by atoms with Gasteiger partial charge in [-0.1, -0.05) is 0 Å². The van der Waals surface area contributed by atoms with Crippen LogP contribution in [-0.4, -0.2) is 22.5 Å². The summed E-state index contributed by atoms with van der Waals surface area (Å²) >= 11 is 0. The second-order valence-corrected chi connectivity index (χ2v) is 4.30. The van der Waals surface area contributed by atoms with Gasteiger partial charge in [-0.15, -0.1) is 0 Å². The van der Waals surface area contributed by atoms with E-state index in [2.05, 4.69) is 10.3 Å². The lowest BCUT2D eigenvalue weighted by atomic mass is 9.95. The highest BCUT2D eigenvalue weighted by Crippen LogP contribution is 2.24. The summed E-state index contributed by atoms with van der Waals surface area (Å²) in [5, 5.41) is 3.33. The van der Waals surface area contributed by atoms with E-state index in [1.807, 2.05) is 10.6 Å². The molecule has 3 nitrogen and oxygen atoms in total. The number of imidazole rings is 1. The minimum Gasteiger partial charge on any atom is -0.317 e. The Morgan fingerprint density at radius 2 is 2.19 bits per heavy atom. The Bertz CT molecular complexity index is 500. The number of pyridine rings is 1. The largest absolute Gasteiger partial charge is 0.317 e. The first-order valence-corrected chi connectivity index (χ1v) is 5.68. The van der Waals surface area contributed by atoms with E-state index in [0.717, 1.165) is 31.6 Å². The SMILES string of the molecule is Fc1ccn2cc(C3CCNCC3)nc2c1. The topological polar surface area (TPSA) is 29.3 Å². The average molecular weight is 219 g/mol. The van der Waals surface area contributed by atoms with Crippen molar-refractivity contribution in [3.05, 3.63) is 36.0 Å². The van der Waals surface area contributed by atoms with Crippen molar-refractivity contribution in [1.82, 2.24) is 14.7 Å². The van der Waals surface area contributed by atoms with Crippen LogP contribution in [0.25, 0.3) is 5.65 Å². The van der Waals surface area contributed by atoms with E-state index in [-0.39, 0.29) is 5.82 Å². The Hall–Kier alpha value is -1.42. The highest BCUT2D eigenvalue weighted by Gasteiger charge is 2.17. The van der Waals surface area contributed by atoms with Gasteiger partial charge in [-0.2, -0.15) is 0 Å². The number of hydrogen-bond acceptors (Lipinski definition) is 2. The van der Waals surface area contributed by atoms with E-state index >= 15 is 0 Å². The summed E-state index contributed by atoms with van der Waals surface area (Å²) < 4.78 is 14.9. The van der Waals surface area contributed by atoms with Crippen LogP contribution in [0.1, 0.15) is 24.5 Å². The molecule has 0 amide bonds. The summed E-state index contributed by atoms with van der Waals surface area (Å²) in [5.41, 5.74) is 1.79. The Balaban J connectivity index is 1.97. The highest BCUT2D eigenvalue weighted by atomic mass is 19.1. The number of hydrogen-bond donors (Lipinski definition) is 1. The molecule has 1 N–H and O–H groups in total. The molecule has 0 spiro atoms. The van der Waals surface area contributed by atoms with Gasteiger partial charge in [0.25, 0.3) is 0 Å². The van der Waals surface area contributed by atoms with Crippen LogP contribution in [0.5, 0.6) is 0 Å². The third-order valence-corrected chi connectivity index (χ3v) is 3.20. The molecule has 0 bridgehead atoms. The second-order valence-electron chi connectivity index (χ2n) is 4.30. The quantitative estimate of drug-likeness (QED) is 0.794. The van der Waals surface area contributed by atoms with E-state index in [4.69, 9.17) is 0 Å². The molecule has 0 aliphatic carbocycles. The van der Waals surface area contributed by atoms with Gasteiger partial charge < -0.3 is 9.72 Å². The molecule has 84 valence electrons. The maximum Gasteiger partial charge on any atom is 0.139 e. The first-order chi connectivity index (χ1) is 7.83. The maximum atomic E-state index is 13.0. The van der Waals surface area contributed by atoms with Crippen molar-refractivity contribution >= 4 is 5.65 Å². The number of fused-ring (bicyclic) bond motifs is 1. The number of nitrogens with zero attached hydrogens (tertiary/aromatic N) is 2. The standard InChI is InChI=1S/C12H14FN3/c13-10-3-6-16-8-11(15-12(16)7-10)9-1-4-14-5-2-9/h3,6-9,14H,1-2,4-5H2. The third kappa shape index (κ3) is 1.69. The summed E-state index contributed by atoms with van der Waals surface area (Å²) in [6, 6.07) is 2.94. The normalized spacial score (nSPS) is 18.1. The minimum atomic E-state index is -0.227. The first kappa shape index (κ1) is 9.78. The molecule has 1 fully saturated rings. The molecule has 0 atom stereocenters. The number of piperidine rings is 1. The lowest BCUT2D eigenvalue weighted by molar-refractivity contribution is 0.454. The zero-order valence-electron chi connectivity index (χ0n) is 8.99. The van der Waals surface area contributed by atoms with Crippen molar-refractivity contribution in [2.45, 2.75) is 18.8 Å². The molecule has 16 heavy (non-hydrogen) atoms. The Kier molecular flexibility index (Phi) is 2.36. The van der Waals surface area contributed by atoms with E-state index in [1.165, 1.54) is 12.1 Å². The molecular formula is C12H14FN3. The number of nitrogens with one attached hydrogen (secondary N) is 1. The molecule has 0 aromatic carbocycles. The fourth-order valence-corrected chi connectivity index (χ4v) is 2.29. The van der Waals surface area contributed by atoms with Gasteiger partial charge in [-0.05, 0) is 32.0 Å². The van der Waals surface area contributed by atoms with Crippen molar-refractivity contribution < 1.29 is 4.39 Å². The molecule has 1 saturated heterocycles. The van der Waals surface area contributed by atoms with Crippen LogP contribution in [0.4, 0.5) is 4.39 Å². The third-order valence-electron chi connectivity index (χ3n) is 3.20. The molecule has 3 rings (SSSR count). The van der Waals surface area contributed by atoms with E-state index < -0.39 is 0 Å². The van der Waals surface area contributed by atoms with Gasteiger partial charge in [0.1, 0.15) is 11.5 Å².